The number of aromatic nitrogens is 1. The van der Waals surface area contributed by atoms with Crippen molar-refractivity contribution in [2.75, 3.05) is 0 Å². The molecule has 0 unspecified atom stereocenters. The molecule has 40 heavy (non-hydrogen) atoms. The Kier molecular flexibility index (Phi) is 5.43. The van der Waals surface area contributed by atoms with Gasteiger partial charge < -0.3 is 18.9 Å². The van der Waals surface area contributed by atoms with Crippen molar-refractivity contribution in [2.45, 2.75) is 29.2 Å². The van der Waals surface area contributed by atoms with Crippen molar-refractivity contribution in [1.29, 1.82) is 0 Å². The van der Waals surface area contributed by atoms with E-state index in [0.717, 1.165) is 5.03 Å². The van der Waals surface area contributed by atoms with Crippen molar-refractivity contribution >= 4 is 45.3 Å². The highest BCUT2D eigenvalue weighted by molar-refractivity contribution is 7.99. The van der Waals surface area contributed by atoms with Crippen LogP contribution in [0.2, 0.25) is 0 Å². The molecule has 0 saturated carbocycles. The maximum Gasteiger partial charge on any atom is 0.380 e. The zero-order chi connectivity index (χ0) is 26.8. The first-order valence-electron chi connectivity index (χ1n) is 13.9. The van der Waals surface area contributed by atoms with Crippen LogP contribution in [-0.4, -0.2) is 51.8 Å². The Labute approximate surface area is 242 Å². The van der Waals surface area contributed by atoms with Gasteiger partial charge in [0, 0.05) is 16.5 Å². The Bertz CT molecular complexity index is 1610. The highest BCUT2D eigenvalue weighted by Gasteiger charge is 2.50. The number of hydrogen-bond donors (Lipinski definition) is 0. The van der Waals surface area contributed by atoms with E-state index in [9.17, 15) is 0 Å². The smallest absolute Gasteiger partial charge is 0.380 e. The number of hydrogen-bond acceptors (Lipinski definition) is 6. The van der Waals surface area contributed by atoms with Gasteiger partial charge in [0.25, 0.3) is 0 Å². The van der Waals surface area contributed by atoms with Crippen LogP contribution in [0.5, 0.6) is 0 Å². The van der Waals surface area contributed by atoms with Gasteiger partial charge in [0.05, 0.1) is 0 Å². The first-order valence-corrected chi connectivity index (χ1v) is 14.7. The molecular formula is C30H27B4N5S. The standard InChI is InChI=1S/C30H27B4N5S/c1-30(2)26-12-9-11-25(28(26)40-29-27(30)13-10-19-35-29)24-14-18-34-38-22-7-4-16-32(38)36-20-6-3-15-31(36)37-21-8-5-17-33(37)39(34)23-24/h3-23H,1-2H3. The SMILES string of the molecule is CC1(C)c2cccnc2Sc2c(C3=CN4B5C=CC=CN5B5C=CC=CN5B5C=CC=CN5B4C=C3)cccc21. The summed E-state index contributed by atoms with van der Waals surface area (Å²) in [4.78, 5) is 6.09. The van der Waals surface area contributed by atoms with Gasteiger partial charge in [-0.3, -0.25) is 0 Å². The summed E-state index contributed by atoms with van der Waals surface area (Å²) in [6.45, 7) is 4.97. The highest BCUT2D eigenvalue weighted by atomic mass is 32.2. The number of fused-ring (bicyclic) bond motifs is 10. The number of benzene rings is 1. The summed E-state index contributed by atoms with van der Waals surface area (Å²) in [6, 6.07) is 11.1. The van der Waals surface area contributed by atoms with E-state index in [2.05, 4.69) is 154 Å². The number of rotatable bonds is 1. The van der Waals surface area contributed by atoms with Crippen molar-refractivity contribution in [2.24, 2.45) is 0 Å². The van der Waals surface area contributed by atoms with Crippen LogP contribution in [0.4, 0.5) is 0 Å². The normalized spacial score (nSPS) is 20.9. The Balaban J connectivity index is 1.26. The maximum absolute atomic E-state index is 4.78. The molecule has 190 valence electrons. The fourth-order valence-electron chi connectivity index (χ4n) is 6.77. The molecule has 1 aromatic heterocycles. The Morgan fingerprint density at radius 2 is 1.27 bits per heavy atom. The topological polar surface area (TPSA) is 25.9 Å². The third-order valence-corrected chi connectivity index (χ3v) is 9.94. The minimum atomic E-state index is -0.113. The quantitative estimate of drug-likeness (QED) is 0.459. The van der Waals surface area contributed by atoms with Crippen LogP contribution in [-0.2, 0) is 5.41 Å². The molecule has 8 rings (SSSR count). The summed E-state index contributed by atoms with van der Waals surface area (Å²) in [5, 5.41) is 1.11. The van der Waals surface area contributed by atoms with Crippen molar-refractivity contribution in [3.63, 3.8) is 0 Å². The van der Waals surface area contributed by atoms with Crippen LogP contribution >= 0.6 is 11.8 Å². The van der Waals surface area contributed by atoms with Crippen molar-refractivity contribution in [3.05, 3.63) is 144 Å². The second-order valence-electron chi connectivity index (χ2n) is 11.3. The predicted octanol–water partition coefficient (Wildman–Crippen LogP) is 5.36. The average Bonchev–Trinajstić information content (AvgIpc) is 3.00. The monoisotopic (exact) mass is 533 g/mol. The second-order valence-corrected chi connectivity index (χ2v) is 12.3. The van der Waals surface area contributed by atoms with Crippen LogP contribution in [0, 0.1) is 0 Å². The van der Waals surface area contributed by atoms with Gasteiger partial charge in [0.2, 0.25) is 0 Å². The second kappa shape index (κ2) is 9.06. The van der Waals surface area contributed by atoms with Gasteiger partial charge >= 0.3 is 27.9 Å². The van der Waals surface area contributed by atoms with Crippen LogP contribution in [0.15, 0.2) is 138 Å². The van der Waals surface area contributed by atoms with E-state index in [1.54, 1.807) is 11.8 Å². The van der Waals surface area contributed by atoms with E-state index in [4.69, 9.17) is 4.98 Å². The minimum absolute atomic E-state index is 0.0601. The van der Waals surface area contributed by atoms with E-state index >= 15 is 0 Å². The number of allylic oxidation sites excluding steroid dienone is 8. The molecule has 1 fully saturated rings. The largest absolute Gasteiger partial charge is 0.423 e. The molecule has 0 bridgehead atoms. The summed E-state index contributed by atoms with van der Waals surface area (Å²) in [5.41, 5.74) is 5.03. The molecule has 7 heterocycles. The zero-order valence-corrected chi connectivity index (χ0v) is 23.4. The van der Waals surface area contributed by atoms with Crippen LogP contribution < -0.4 is 0 Å². The predicted molar refractivity (Wildman–Crippen MR) is 169 cm³/mol. The van der Waals surface area contributed by atoms with Crippen molar-refractivity contribution < 1.29 is 0 Å². The molecule has 0 atom stereocenters. The molecule has 6 aliphatic heterocycles. The van der Waals surface area contributed by atoms with Gasteiger partial charge in [-0.1, -0.05) is 98.1 Å². The third kappa shape index (κ3) is 3.51. The fourth-order valence-corrected chi connectivity index (χ4v) is 8.23. The summed E-state index contributed by atoms with van der Waals surface area (Å²) in [7, 11) is 0. The lowest BCUT2D eigenvalue weighted by Crippen LogP contribution is -2.73. The molecule has 0 aliphatic carbocycles. The lowest BCUT2D eigenvalue weighted by Gasteiger charge is -2.53. The van der Waals surface area contributed by atoms with E-state index in [0.29, 0.717) is 0 Å². The lowest BCUT2D eigenvalue weighted by atomic mass is 9.41. The van der Waals surface area contributed by atoms with Crippen LogP contribution in [0.3, 0.4) is 0 Å². The Hall–Kier alpha value is -3.90. The summed E-state index contributed by atoms with van der Waals surface area (Å²) in [5.74, 6) is 9.27. The van der Waals surface area contributed by atoms with E-state index in [-0.39, 0.29) is 33.3 Å². The fraction of sp³-hybridized carbons (Fsp3) is 0.100. The molecule has 5 nitrogen and oxygen atoms in total. The summed E-state index contributed by atoms with van der Waals surface area (Å²) < 4.78 is 9.88. The van der Waals surface area contributed by atoms with Crippen LogP contribution in [0.1, 0.15) is 30.5 Å². The van der Waals surface area contributed by atoms with Crippen molar-refractivity contribution in [1.82, 2.24) is 23.9 Å². The summed E-state index contributed by atoms with van der Waals surface area (Å²) >= 11 is 1.80. The van der Waals surface area contributed by atoms with Gasteiger partial charge in [-0.2, -0.15) is 0 Å². The molecule has 0 radical (unpaired) electrons. The van der Waals surface area contributed by atoms with Crippen molar-refractivity contribution in [3.8, 4) is 0 Å². The first-order chi connectivity index (χ1) is 19.6. The maximum atomic E-state index is 4.78. The average molecular weight is 533 g/mol. The third-order valence-electron chi connectivity index (χ3n) is 8.78. The molecule has 1 saturated heterocycles. The molecule has 2 aromatic rings. The van der Waals surface area contributed by atoms with Gasteiger partial charge in [-0.05, 0) is 71.4 Å². The zero-order valence-electron chi connectivity index (χ0n) is 22.6. The van der Waals surface area contributed by atoms with Crippen LogP contribution in [0.25, 0.3) is 5.57 Å². The lowest BCUT2D eigenvalue weighted by molar-refractivity contribution is 0.598. The molecule has 0 amide bonds. The van der Waals surface area contributed by atoms with E-state index in [1.165, 1.54) is 27.2 Å². The molecule has 10 heteroatoms. The summed E-state index contributed by atoms with van der Waals surface area (Å²) in [6.07, 6.45) is 26.2. The molecular weight excluding hydrogens is 506 g/mol. The van der Waals surface area contributed by atoms with Gasteiger partial charge in [0.1, 0.15) is 5.03 Å². The minimum Gasteiger partial charge on any atom is -0.423 e. The van der Waals surface area contributed by atoms with E-state index < -0.39 is 0 Å². The van der Waals surface area contributed by atoms with Gasteiger partial charge in [-0.15, -0.1) is 0 Å². The number of nitrogens with zero attached hydrogens (tertiary/aromatic N) is 5. The van der Waals surface area contributed by atoms with E-state index in [1.807, 2.05) is 6.20 Å². The molecule has 6 aliphatic rings. The Morgan fingerprint density at radius 3 is 1.95 bits per heavy atom. The molecule has 1 aromatic carbocycles. The highest BCUT2D eigenvalue weighted by Crippen LogP contribution is 2.50. The molecule has 0 N–H and O–H groups in total. The Morgan fingerprint density at radius 1 is 0.675 bits per heavy atom. The van der Waals surface area contributed by atoms with Gasteiger partial charge in [0.15, 0.2) is 0 Å². The first kappa shape index (κ1) is 23.9. The molecule has 0 spiro atoms. The number of pyridine rings is 1. The van der Waals surface area contributed by atoms with Gasteiger partial charge in [-0.25, -0.2) is 4.98 Å².